The number of nitrogens with one attached hydrogen (secondary N) is 1. The van der Waals surface area contributed by atoms with Crippen LogP contribution in [0.1, 0.15) is 24.2 Å². The maximum atomic E-state index is 13.0. The van der Waals surface area contributed by atoms with Crippen molar-refractivity contribution in [1.29, 1.82) is 0 Å². The minimum absolute atomic E-state index is 0.288. The number of rotatable bonds is 4. The number of halogens is 2. The predicted molar refractivity (Wildman–Crippen MR) is 79.3 cm³/mol. The van der Waals surface area contributed by atoms with Crippen molar-refractivity contribution in [1.82, 2.24) is 5.32 Å². The minimum Gasteiger partial charge on any atom is -0.347 e. The van der Waals surface area contributed by atoms with Gasteiger partial charge >= 0.3 is 0 Å². The van der Waals surface area contributed by atoms with Crippen LogP contribution in [-0.4, -0.2) is 18.1 Å². The molecule has 0 bridgehead atoms. The topological polar surface area (TPSA) is 29.1 Å². The second-order valence-corrected chi connectivity index (χ2v) is 5.02. The Labute approximate surface area is 122 Å². The van der Waals surface area contributed by atoms with Gasteiger partial charge in [0.2, 0.25) is 0 Å². The Morgan fingerprint density at radius 1 is 0.952 bits per heavy atom. The molecule has 0 aromatic heterocycles. The zero-order valence-electron chi connectivity index (χ0n) is 11.9. The second kappa shape index (κ2) is 6.48. The maximum absolute atomic E-state index is 13.0. The van der Waals surface area contributed by atoms with Crippen LogP contribution in [0.4, 0.5) is 8.78 Å². The number of carbonyl (C=O) groups excluding carboxylic acids is 1. The van der Waals surface area contributed by atoms with Crippen molar-refractivity contribution in [2.75, 3.05) is 0 Å². The summed E-state index contributed by atoms with van der Waals surface area (Å²) in [6.07, 6.45) is -1.10. The van der Waals surface area contributed by atoms with E-state index in [1.165, 1.54) is 19.1 Å². The Bertz CT molecular complexity index is 606. The highest BCUT2D eigenvalue weighted by Crippen LogP contribution is 2.20. The molecule has 0 fully saturated rings. The third kappa shape index (κ3) is 3.88. The number of alkyl halides is 1. The van der Waals surface area contributed by atoms with E-state index in [0.717, 1.165) is 11.1 Å². The van der Waals surface area contributed by atoms with Gasteiger partial charge in [-0.1, -0.05) is 24.3 Å². The van der Waals surface area contributed by atoms with Gasteiger partial charge in [0.15, 0.2) is 0 Å². The fraction of sp³-hybridized carbons (Fsp3) is 0.235. The Morgan fingerprint density at radius 2 is 1.43 bits per heavy atom. The first-order valence-electron chi connectivity index (χ1n) is 6.78. The standard InChI is InChI=1S/C17H17F2NO/c1-11(18)12(2)20-17(21)15-5-3-13(4-6-15)14-7-9-16(19)10-8-14/h3-12H,1-2H3,(H,20,21). The third-order valence-electron chi connectivity index (χ3n) is 3.37. The molecule has 0 saturated heterocycles. The van der Waals surface area contributed by atoms with Gasteiger partial charge < -0.3 is 5.32 Å². The molecule has 4 heteroatoms. The monoisotopic (exact) mass is 289 g/mol. The Hall–Kier alpha value is -2.23. The number of hydrogen-bond donors (Lipinski definition) is 1. The molecule has 0 aliphatic rings. The highest BCUT2D eigenvalue weighted by molar-refractivity contribution is 5.94. The lowest BCUT2D eigenvalue weighted by molar-refractivity contribution is 0.0919. The number of hydrogen-bond acceptors (Lipinski definition) is 1. The SMILES string of the molecule is CC(F)C(C)NC(=O)c1ccc(-c2ccc(F)cc2)cc1. The summed E-state index contributed by atoms with van der Waals surface area (Å²) >= 11 is 0. The summed E-state index contributed by atoms with van der Waals surface area (Å²) in [6, 6.07) is 12.5. The molecule has 2 rings (SSSR count). The largest absolute Gasteiger partial charge is 0.347 e. The minimum atomic E-state index is -1.10. The van der Waals surface area contributed by atoms with Crippen LogP contribution in [0.25, 0.3) is 11.1 Å². The zero-order valence-corrected chi connectivity index (χ0v) is 11.9. The van der Waals surface area contributed by atoms with Gasteiger partial charge in [-0.2, -0.15) is 0 Å². The Balaban J connectivity index is 2.11. The van der Waals surface area contributed by atoms with Crippen molar-refractivity contribution in [2.24, 2.45) is 0 Å². The Morgan fingerprint density at radius 3 is 1.90 bits per heavy atom. The highest BCUT2D eigenvalue weighted by atomic mass is 19.1. The number of carbonyl (C=O) groups is 1. The fourth-order valence-electron chi connectivity index (χ4n) is 1.86. The van der Waals surface area contributed by atoms with Crippen LogP contribution >= 0.6 is 0 Å². The average Bonchev–Trinajstić information content (AvgIpc) is 2.48. The van der Waals surface area contributed by atoms with E-state index < -0.39 is 12.2 Å². The van der Waals surface area contributed by atoms with Gasteiger partial charge in [-0.05, 0) is 49.2 Å². The lowest BCUT2D eigenvalue weighted by atomic mass is 10.0. The van der Waals surface area contributed by atoms with E-state index in [4.69, 9.17) is 0 Å². The lowest BCUT2D eigenvalue weighted by Gasteiger charge is -2.15. The molecule has 0 radical (unpaired) electrons. The van der Waals surface area contributed by atoms with E-state index in [1.54, 1.807) is 43.3 Å². The number of benzene rings is 2. The van der Waals surface area contributed by atoms with Gasteiger partial charge in [0.05, 0.1) is 6.04 Å². The molecule has 0 aliphatic heterocycles. The lowest BCUT2D eigenvalue weighted by Crippen LogP contribution is -2.37. The van der Waals surface area contributed by atoms with Crippen molar-refractivity contribution in [2.45, 2.75) is 26.1 Å². The van der Waals surface area contributed by atoms with E-state index in [2.05, 4.69) is 5.32 Å². The highest BCUT2D eigenvalue weighted by Gasteiger charge is 2.14. The van der Waals surface area contributed by atoms with E-state index >= 15 is 0 Å². The summed E-state index contributed by atoms with van der Waals surface area (Å²) in [4.78, 5) is 11.9. The molecule has 1 amide bonds. The average molecular weight is 289 g/mol. The van der Waals surface area contributed by atoms with Gasteiger partial charge in [0, 0.05) is 5.56 Å². The molecule has 2 aromatic rings. The van der Waals surface area contributed by atoms with Crippen LogP contribution < -0.4 is 5.32 Å². The molecule has 0 spiro atoms. The van der Waals surface area contributed by atoms with E-state index in [0.29, 0.717) is 5.56 Å². The molecule has 2 unspecified atom stereocenters. The molecule has 21 heavy (non-hydrogen) atoms. The van der Waals surface area contributed by atoms with Crippen molar-refractivity contribution in [3.8, 4) is 11.1 Å². The van der Waals surface area contributed by atoms with E-state index in [1.807, 2.05) is 0 Å². The second-order valence-electron chi connectivity index (χ2n) is 5.02. The maximum Gasteiger partial charge on any atom is 0.251 e. The summed E-state index contributed by atoms with van der Waals surface area (Å²) in [5, 5.41) is 2.60. The summed E-state index contributed by atoms with van der Waals surface area (Å²) in [5.74, 6) is -0.596. The first-order valence-corrected chi connectivity index (χ1v) is 6.78. The summed E-state index contributed by atoms with van der Waals surface area (Å²) in [5.41, 5.74) is 2.22. The van der Waals surface area contributed by atoms with Gasteiger partial charge in [-0.15, -0.1) is 0 Å². The predicted octanol–water partition coefficient (Wildman–Crippen LogP) is 3.97. The first-order chi connectivity index (χ1) is 9.97. The van der Waals surface area contributed by atoms with Crippen molar-refractivity contribution in [3.05, 3.63) is 59.9 Å². The van der Waals surface area contributed by atoms with Gasteiger partial charge in [0.25, 0.3) is 5.91 Å². The molecule has 1 N–H and O–H groups in total. The number of amides is 1. The normalized spacial score (nSPS) is 13.5. The van der Waals surface area contributed by atoms with Crippen LogP contribution in [0, 0.1) is 5.82 Å². The van der Waals surface area contributed by atoms with E-state index in [9.17, 15) is 13.6 Å². The van der Waals surface area contributed by atoms with Crippen molar-refractivity contribution >= 4 is 5.91 Å². The fourth-order valence-corrected chi connectivity index (χ4v) is 1.86. The van der Waals surface area contributed by atoms with Gasteiger partial charge in [-0.25, -0.2) is 8.78 Å². The van der Waals surface area contributed by atoms with Gasteiger partial charge in [-0.3, -0.25) is 4.79 Å². The summed E-state index contributed by atoms with van der Waals surface area (Å²) in [6.45, 7) is 3.03. The molecule has 0 aliphatic carbocycles. The van der Waals surface area contributed by atoms with E-state index in [-0.39, 0.29) is 11.7 Å². The molecule has 110 valence electrons. The zero-order chi connectivity index (χ0) is 15.4. The molecular weight excluding hydrogens is 272 g/mol. The molecule has 0 saturated carbocycles. The van der Waals surface area contributed by atoms with Crippen molar-refractivity contribution < 1.29 is 13.6 Å². The van der Waals surface area contributed by atoms with Crippen LogP contribution in [0.2, 0.25) is 0 Å². The van der Waals surface area contributed by atoms with Gasteiger partial charge in [0.1, 0.15) is 12.0 Å². The molecule has 0 heterocycles. The summed E-state index contributed by atoms with van der Waals surface area (Å²) < 4.78 is 25.9. The molecule has 2 aromatic carbocycles. The van der Waals surface area contributed by atoms with Crippen LogP contribution in [0.15, 0.2) is 48.5 Å². The quantitative estimate of drug-likeness (QED) is 0.906. The Kier molecular flexibility index (Phi) is 4.68. The van der Waals surface area contributed by atoms with Crippen LogP contribution in [0.3, 0.4) is 0 Å². The van der Waals surface area contributed by atoms with Crippen molar-refractivity contribution in [3.63, 3.8) is 0 Å². The van der Waals surface area contributed by atoms with Crippen LogP contribution in [-0.2, 0) is 0 Å². The third-order valence-corrected chi connectivity index (χ3v) is 3.37. The smallest absolute Gasteiger partial charge is 0.251 e. The molecular formula is C17H17F2NO. The summed E-state index contributed by atoms with van der Waals surface area (Å²) in [7, 11) is 0. The molecule has 2 atom stereocenters. The molecule has 2 nitrogen and oxygen atoms in total. The van der Waals surface area contributed by atoms with Crippen LogP contribution in [0.5, 0.6) is 0 Å². The first kappa shape index (κ1) is 15.2.